The standard InChI is InChI=1S/C25H26O5/c1-17(21-13-7-6-11-20(21)16-29-18(2)26)30-24(27)25(3,28-4)23-15-9-12-19-10-5-8-14-22(19)23/h5-15,17H,16H2,1-4H3/t17?,25-/m0/s1. The first-order valence-corrected chi connectivity index (χ1v) is 9.82. The Bertz CT molecular complexity index is 1050. The molecule has 0 saturated heterocycles. The van der Waals surface area contributed by atoms with Crippen molar-refractivity contribution in [2.75, 3.05) is 7.11 Å². The van der Waals surface area contributed by atoms with Gasteiger partial charge < -0.3 is 14.2 Å². The van der Waals surface area contributed by atoms with Gasteiger partial charge in [0.05, 0.1) is 0 Å². The summed E-state index contributed by atoms with van der Waals surface area (Å²) in [5, 5.41) is 1.95. The number of benzene rings is 3. The molecule has 3 aromatic carbocycles. The van der Waals surface area contributed by atoms with Crippen LogP contribution in [0.4, 0.5) is 0 Å². The van der Waals surface area contributed by atoms with Crippen LogP contribution >= 0.6 is 0 Å². The van der Waals surface area contributed by atoms with E-state index in [1.807, 2.05) is 66.7 Å². The highest BCUT2D eigenvalue weighted by Gasteiger charge is 2.39. The first-order chi connectivity index (χ1) is 14.4. The summed E-state index contributed by atoms with van der Waals surface area (Å²) in [6.07, 6.45) is -0.547. The molecule has 5 nitrogen and oxygen atoms in total. The highest BCUT2D eigenvalue weighted by atomic mass is 16.6. The Labute approximate surface area is 176 Å². The van der Waals surface area contributed by atoms with E-state index < -0.39 is 17.7 Å². The summed E-state index contributed by atoms with van der Waals surface area (Å²) in [5.74, 6) is -0.853. The average molecular weight is 406 g/mol. The number of fused-ring (bicyclic) bond motifs is 1. The number of ether oxygens (including phenoxy) is 3. The minimum Gasteiger partial charge on any atom is -0.461 e. The quantitative estimate of drug-likeness (QED) is 0.513. The van der Waals surface area contributed by atoms with Gasteiger partial charge in [-0.15, -0.1) is 0 Å². The largest absolute Gasteiger partial charge is 0.461 e. The highest BCUT2D eigenvalue weighted by molar-refractivity contribution is 5.92. The molecule has 1 unspecified atom stereocenters. The Hall–Kier alpha value is -3.18. The van der Waals surface area contributed by atoms with Crippen LogP contribution in [0.25, 0.3) is 10.8 Å². The monoisotopic (exact) mass is 406 g/mol. The van der Waals surface area contributed by atoms with Gasteiger partial charge in [-0.2, -0.15) is 0 Å². The van der Waals surface area contributed by atoms with Crippen LogP contribution in [-0.2, 0) is 36.0 Å². The van der Waals surface area contributed by atoms with E-state index in [2.05, 4.69) is 0 Å². The van der Waals surface area contributed by atoms with E-state index in [0.29, 0.717) is 0 Å². The average Bonchev–Trinajstić information content (AvgIpc) is 2.76. The third kappa shape index (κ3) is 4.36. The van der Waals surface area contributed by atoms with E-state index >= 15 is 0 Å². The topological polar surface area (TPSA) is 61.8 Å². The first-order valence-electron chi connectivity index (χ1n) is 9.82. The lowest BCUT2D eigenvalue weighted by molar-refractivity contribution is -0.173. The van der Waals surface area contributed by atoms with Crippen molar-refractivity contribution in [1.82, 2.24) is 0 Å². The number of hydrogen-bond donors (Lipinski definition) is 0. The molecule has 5 heteroatoms. The minimum absolute atomic E-state index is 0.123. The fourth-order valence-corrected chi connectivity index (χ4v) is 3.52. The predicted octanol–water partition coefficient (Wildman–Crippen LogP) is 5.07. The molecule has 2 atom stereocenters. The van der Waals surface area contributed by atoms with Gasteiger partial charge in [0.25, 0.3) is 0 Å². The second-order valence-corrected chi connectivity index (χ2v) is 7.29. The van der Waals surface area contributed by atoms with E-state index in [9.17, 15) is 9.59 Å². The molecular weight excluding hydrogens is 380 g/mol. The summed E-state index contributed by atoms with van der Waals surface area (Å²) in [6, 6.07) is 21.0. The maximum atomic E-state index is 13.3. The molecule has 0 N–H and O–H groups in total. The van der Waals surface area contributed by atoms with Crippen LogP contribution in [-0.4, -0.2) is 19.0 Å². The lowest BCUT2D eigenvalue weighted by Crippen LogP contribution is -2.37. The maximum absolute atomic E-state index is 13.3. The van der Waals surface area contributed by atoms with E-state index in [4.69, 9.17) is 14.2 Å². The van der Waals surface area contributed by atoms with Crippen LogP contribution in [0.5, 0.6) is 0 Å². The van der Waals surface area contributed by atoms with E-state index in [-0.39, 0.29) is 12.6 Å². The van der Waals surface area contributed by atoms with Crippen molar-refractivity contribution in [2.24, 2.45) is 0 Å². The van der Waals surface area contributed by atoms with Gasteiger partial charge in [-0.05, 0) is 35.7 Å². The van der Waals surface area contributed by atoms with E-state index in [1.165, 1.54) is 14.0 Å². The number of methoxy groups -OCH3 is 1. The van der Waals surface area contributed by atoms with Gasteiger partial charge in [0.15, 0.2) is 5.60 Å². The summed E-state index contributed by atoms with van der Waals surface area (Å²) < 4.78 is 16.7. The Balaban J connectivity index is 1.89. The Kier molecular flexibility index (Phi) is 6.53. The number of rotatable bonds is 7. The van der Waals surface area contributed by atoms with Gasteiger partial charge in [0.2, 0.25) is 0 Å². The molecule has 0 bridgehead atoms. The molecule has 3 aromatic rings. The Morgan fingerprint density at radius 2 is 1.63 bits per heavy atom. The molecule has 0 heterocycles. The Morgan fingerprint density at radius 1 is 0.967 bits per heavy atom. The molecule has 0 aliphatic rings. The van der Waals surface area contributed by atoms with Crippen molar-refractivity contribution >= 4 is 22.7 Å². The van der Waals surface area contributed by atoms with Crippen molar-refractivity contribution in [3.63, 3.8) is 0 Å². The normalized spacial score (nSPS) is 14.0. The molecule has 3 rings (SSSR count). The van der Waals surface area contributed by atoms with E-state index in [0.717, 1.165) is 27.5 Å². The molecule has 0 aromatic heterocycles. The van der Waals surface area contributed by atoms with Crippen molar-refractivity contribution in [1.29, 1.82) is 0 Å². The van der Waals surface area contributed by atoms with Crippen molar-refractivity contribution < 1.29 is 23.8 Å². The zero-order valence-electron chi connectivity index (χ0n) is 17.7. The maximum Gasteiger partial charge on any atom is 0.343 e. The predicted molar refractivity (Wildman–Crippen MR) is 115 cm³/mol. The van der Waals surface area contributed by atoms with Crippen molar-refractivity contribution in [2.45, 2.75) is 39.1 Å². The molecule has 30 heavy (non-hydrogen) atoms. The summed E-state index contributed by atoms with van der Waals surface area (Å²) in [6.45, 7) is 5.00. The molecular formula is C25H26O5. The van der Waals surface area contributed by atoms with Crippen LogP contribution < -0.4 is 0 Å². The molecule has 0 fully saturated rings. The van der Waals surface area contributed by atoms with Crippen molar-refractivity contribution in [3.8, 4) is 0 Å². The van der Waals surface area contributed by atoms with Crippen LogP contribution in [0, 0.1) is 0 Å². The minimum atomic E-state index is -1.28. The highest BCUT2D eigenvalue weighted by Crippen LogP contribution is 2.34. The van der Waals surface area contributed by atoms with E-state index in [1.54, 1.807) is 13.8 Å². The molecule has 0 saturated carbocycles. The fraction of sp³-hybridized carbons (Fsp3) is 0.280. The van der Waals surface area contributed by atoms with Crippen LogP contribution in [0.1, 0.15) is 43.6 Å². The number of hydrogen-bond acceptors (Lipinski definition) is 5. The summed E-state index contributed by atoms with van der Waals surface area (Å²) in [7, 11) is 1.50. The smallest absolute Gasteiger partial charge is 0.343 e. The summed E-state index contributed by atoms with van der Waals surface area (Å²) in [5.41, 5.74) is 1.04. The lowest BCUT2D eigenvalue weighted by atomic mass is 9.90. The zero-order valence-corrected chi connectivity index (χ0v) is 17.7. The number of carbonyl (C=O) groups is 2. The molecule has 156 valence electrons. The van der Waals surface area contributed by atoms with Crippen LogP contribution in [0.3, 0.4) is 0 Å². The van der Waals surface area contributed by atoms with Crippen LogP contribution in [0.15, 0.2) is 66.7 Å². The van der Waals surface area contributed by atoms with Gasteiger partial charge in [-0.1, -0.05) is 66.7 Å². The van der Waals surface area contributed by atoms with Crippen molar-refractivity contribution in [3.05, 3.63) is 83.4 Å². The Morgan fingerprint density at radius 3 is 2.37 bits per heavy atom. The summed E-state index contributed by atoms with van der Waals surface area (Å²) >= 11 is 0. The number of carbonyl (C=O) groups excluding carboxylic acids is 2. The van der Waals surface area contributed by atoms with Gasteiger partial charge >= 0.3 is 11.9 Å². The first kappa shape index (κ1) is 21.5. The fourth-order valence-electron chi connectivity index (χ4n) is 3.52. The summed E-state index contributed by atoms with van der Waals surface area (Å²) in [4.78, 5) is 24.5. The van der Waals surface area contributed by atoms with Gasteiger partial charge in [0.1, 0.15) is 12.7 Å². The number of esters is 2. The molecule has 0 aliphatic heterocycles. The van der Waals surface area contributed by atoms with Gasteiger partial charge in [-0.3, -0.25) is 4.79 Å². The lowest BCUT2D eigenvalue weighted by Gasteiger charge is -2.29. The second kappa shape index (κ2) is 9.09. The second-order valence-electron chi connectivity index (χ2n) is 7.29. The van der Waals surface area contributed by atoms with Gasteiger partial charge in [-0.25, -0.2) is 4.79 Å². The third-order valence-electron chi connectivity index (χ3n) is 5.31. The molecule has 0 aliphatic carbocycles. The van der Waals surface area contributed by atoms with Crippen LogP contribution in [0.2, 0.25) is 0 Å². The third-order valence-corrected chi connectivity index (χ3v) is 5.31. The SMILES string of the molecule is CO[C@](C)(C(=O)OC(C)c1ccccc1COC(C)=O)c1cccc2ccccc12. The van der Waals surface area contributed by atoms with Gasteiger partial charge in [0, 0.05) is 19.6 Å². The zero-order chi connectivity index (χ0) is 21.7. The molecule has 0 radical (unpaired) electrons. The molecule has 0 amide bonds. The molecule has 0 spiro atoms.